The summed E-state index contributed by atoms with van der Waals surface area (Å²) in [5.41, 5.74) is 3.97. The van der Waals surface area contributed by atoms with Crippen LogP contribution in [0.4, 0.5) is 18.9 Å². The summed E-state index contributed by atoms with van der Waals surface area (Å²) < 4.78 is 41.8. The Balaban J connectivity index is 2.14. The Labute approximate surface area is 157 Å². The fraction of sp³-hybridized carbons (Fsp3) is 0.176. The lowest BCUT2D eigenvalue weighted by Gasteiger charge is -2.28. The molecule has 0 saturated heterocycles. The molecule has 1 aliphatic heterocycles. The monoisotopic (exact) mass is 403 g/mol. The van der Waals surface area contributed by atoms with Gasteiger partial charge in [0.15, 0.2) is 0 Å². The lowest BCUT2D eigenvalue weighted by molar-refractivity contribution is -0.269. The fourth-order valence-corrected chi connectivity index (χ4v) is 3.22. The summed E-state index contributed by atoms with van der Waals surface area (Å²) in [5.74, 6) is 5.43. The highest BCUT2D eigenvalue weighted by Gasteiger charge is 2.59. The third-order valence-electron chi connectivity index (χ3n) is 4.09. The van der Waals surface area contributed by atoms with E-state index in [1.165, 1.54) is 18.2 Å². The van der Waals surface area contributed by atoms with Crippen molar-refractivity contribution < 1.29 is 18.0 Å². The molecule has 0 spiro atoms. The molecular weight excluding hydrogens is 390 g/mol. The molecule has 2 aromatic rings. The van der Waals surface area contributed by atoms with Gasteiger partial charge in [0.25, 0.3) is 0 Å². The van der Waals surface area contributed by atoms with Crippen molar-refractivity contribution in [2.45, 2.75) is 18.7 Å². The number of aryl methyl sites for hydroxylation is 1. The van der Waals surface area contributed by atoms with Crippen LogP contribution in [0.25, 0.3) is 5.70 Å². The van der Waals surface area contributed by atoms with Gasteiger partial charge in [-0.05, 0) is 42.8 Å². The van der Waals surface area contributed by atoms with Crippen molar-refractivity contribution in [3.8, 4) is 0 Å². The van der Waals surface area contributed by atoms with Gasteiger partial charge in [-0.2, -0.15) is 13.2 Å². The van der Waals surface area contributed by atoms with Gasteiger partial charge in [-0.25, -0.2) is 0 Å². The van der Waals surface area contributed by atoms with Crippen LogP contribution in [-0.2, 0) is 10.4 Å². The van der Waals surface area contributed by atoms with Crippen molar-refractivity contribution in [2.75, 3.05) is 5.43 Å². The summed E-state index contributed by atoms with van der Waals surface area (Å²) in [5, 5.41) is 0.151. The van der Waals surface area contributed by atoms with Gasteiger partial charge in [-0.15, -0.1) is 0 Å². The van der Waals surface area contributed by atoms with Gasteiger partial charge in [-0.1, -0.05) is 35.3 Å². The van der Waals surface area contributed by atoms with Crippen LogP contribution in [-0.4, -0.2) is 6.18 Å². The SMILES string of the molecule is Cc1ccc(C2=CC(c3cc(Cl)cc(Cl)c3)(C(F)(F)F)ON2)cc1NN. The maximum atomic E-state index is 13.9. The molecule has 4 nitrogen and oxygen atoms in total. The first-order valence-corrected chi connectivity index (χ1v) is 8.20. The second-order valence-corrected chi connectivity index (χ2v) is 6.70. The van der Waals surface area contributed by atoms with E-state index < -0.39 is 11.8 Å². The average molecular weight is 404 g/mol. The minimum Gasteiger partial charge on any atom is -0.324 e. The van der Waals surface area contributed by atoms with Crippen LogP contribution in [0.3, 0.4) is 0 Å². The number of anilines is 1. The zero-order valence-electron chi connectivity index (χ0n) is 13.4. The normalized spacial score (nSPS) is 19.9. The number of nitrogens with one attached hydrogen (secondary N) is 2. The van der Waals surface area contributed by atoms with E-state index in [0.717, 1.165) is 11.6 Å². The molecule has 0 aromatic heterocycles. The zero-order chi connectivity index (χ0) is 19.1. The fourth-order valence-electron chi connectivity index (χ4n) is 2.70. The van der Waals surface area contributed by atoms with Crippen LogP contribution in [0.5, 0.6) is 0 Å². The second-order valence-electron chi connectivity index (χ2n) is 5.83. The van der Waals surface area contributed by atoms with Gasteiger partial charge in [0.05, 0.1) is 11.4 Å². The highest BCUT2D eigenvalue weighted by atomic mass is 35.5. The summed E-state index contributed by atoms with van der Waals surface area (Å²) in [6.07, 6.45) is -3.80. The predicted molar refractivity (Wildman–Crippen MR) is 95.4 cm³/mol. The molecule has 1 aliphatic rings. The number of nitrogen functional groups attached to an aromatic ring is 1. The minimum atomic E-state index is -4.75. The molecule has 9 heteroatoms. The number of hydrazine groups is 1. The van der Waals surface area contributed by atoms with Gasteiger partial charge in [0.1, 0.15) is 0 Å². The predicted octanol–water partition coefficient (Wildman–Crippen LogP) is 4.92. The third-order valence-corrected chi connectivity index (χ3v) is 4.52. The molecule has 0 fully saturated rings. The van der Waals surface area contributed by atoms with E-state index in [9.17, 15) is 13.2 Å². The van der Waals surface area contributed by atoms with Gasteiger partial charge >= 0.3 is 6.18 Å². The average Bonchev–Trinajstić information content (AvgIpc) is 3.01. The quantitative estimate of drug-likeness (QED) is 0.502. The van der Waals surface area contributed by atoms with Crippen molar-refractivity contribution in [2.24, 2.45) is 5.84 Å². The molecule has 0 aliphatic carbocycles. The topological polar surface area (TPSA) is 59.3 Å². The van der Waals surface area contributed by atoms with Gasteiger partial charge in [-0.3, -0.25) is 16.2 Å². The Hall–Kier alpha value is -1.93. The van der Waals surface area contributed by atoms with Crippen LogP contribution in [0.2, 0.25) is 10.0 Å². The number of hydrogen-bond donors (Lipinski definition) is 3. The van der Waals surface area contributed by atoms with E-state index in [1.807, 2.05) is 6.92 Å². The summed E-state index contributed by atoms with van der Waals surface area (Å²) in [4.78, 5) is 5.04. The van der Waals surface area contributed by atoms with Crippen LogP contribution in [0, 0.1) is 6.92 Å². The standard InChI is InChI=1S/C17H14Cl2F3N3O/c1-9-2-3-10(4-14(9)24-23)15-8-16(26-25-15,17(20,21)22)11-5-12(18)7-13(19)6-11/h2-8,24-25H,23H2,1H3. The molecule has 1 heterocycles. The largest absolute Gasteiger partial charge is 0.428 e. The first kappa shape index (κ1) is 18.8. The molecule has 1 atom stereocenters. The van der Waals surface area contributed by atoms with E-state index in [4.69, 9.17) is 33.9 Å². The van der Waals surface area contributed by atoms with E-state index >= 15 is 0 Å². The molecule has 138 valence electrons. The molecule has 0 bridgehead atoms. The number of benzene rings is 2. The number of nitrogens with two attached hydrogens (primary N) is 1. The number of rotatable bonds is 3. The first-order chi connectivity index (χ1) is 12.2. The number of hydroxylamine groups is 1. The first-order valence-electron chi connectivity index (χ1n) is 7.44. The molecule has 26 heavy (non-hydrogen) atoms. The van der Waals surface area contributed by atoms with Crippen LogP contribution in [0.15, 0.2) is 42.5 Å². The van der Waals surface area contributed by atoms with Gasteiger partial charge in [0, 0.05) is 21.2 Å². The summed E-state index contributed by atoms with van der Waals surface area (Å²) in [6.45, 7) is 1.82. The Bertz CT molecular complexity index is 866. The summed E-state index contributed by atoms with van der Waals surface area (Å²) in [7, 11) is 0. The molecule has 2 aromatic carbocycles. The Morgan fingerprint density at radius 1 is 1.12 bits per heavy atom. The van der Waals surface area contributed by atoms with Crippen LogP contribution in [0.1, 0.15) is 16.7 Å². The number of alkyl halides is 3. The van der Waals surface area contributed by atoms with Crippen molar-refractivity contribution in [1.82, 2.24) is 5.48 Å². The lowest BCUT2D eigenvalue weighted by Crippen LogP contribution is -2.42. The number of halogens is 5. The van der Waals surface area contributed by atoms with Crippen molar-refractivity contribution >= 4 is 34.6 Å². The Morgan fingerprint density at radius 2 is 1.77 bits per heavy atom. The molecular formula is C17H14Cl2F3N3O. The second kappa shape index (κ2) is 6.66. The van der Waals surface area contributed by atoms with Crippen LogP contribution >= 0.6 is 23.2 Å². The summed E-state index contributed by atoms with van der Waals surface area (Å²) >= 11 is 11.8. The van der Waals surface area contributed by atoms with E-state index in [-0.39, 0.29) is 21.3 Å². The van der Waals surface area contributed by atoms with E-state index in [0.29, 0.717) is 11.3 Å². The highest BCUT2D eigenvalue weighted by molar-refractivity contribution is 6.34. The molecule has 0 saturated carbocycles. The maximum absolute atomic E-state index is 13.9. The third kappa shape index (κ3) is 3.23. The smallest absolute Gasteiger partial charge is 0.324 e. The van der Waals surface area contributed by atoms with Gasteiger partial charge < -0.3 is 5.43 Å². The van der Waals surface area contributed by atoms with Crippen LogP contribution < -0.4 is 16.7 Å². The van der Waals surface area contributed by atoms with E-state index in [1.54, 1.807) is 18.2 Å². The highest BCUT2D eigenvalue weighted by Crippen LogP contribution is 2.48. The molecule has 3 rings (SSSR count). The van der Waals surface area contributed by atoms with Crippen molar-refractivity contribution in [3.63, 3.8) is 0 Å². The lowest BCUT2D eigenvalue weighted by atomic mass is 9.91. The molecule has 1 unspecified atom stereocenters. The maximum Gasteiger partial charge on any atom is 0.428 e. The Kier molecular flexibility index (Phi) is 4.83. The number of hydrogen-bond acceptors (Lipinski definition) is 4. The molecule has 0 radical (unpaired) electrons. The van der Waals surface area contributed by atoms with Crippen molar-refractivity contribution in [1.29, 1.82) is 0 Å². The van der Waals surface area contributed by atoms with E-state index in [2.05, 4.69) is 10.9 Å². The molecule has 4 N–H and O–H groups in total. The minimum absolute atomic E-state index is 0.0755. The zero-order valence-corrected chi connectivity index (χ0v) is 14.9. The summed E-state index contributed by atoms with van der Waals surface area (Å²) in [6, 6.07) is 8.71. The molecule has 0 amide bonds. The van der Waals surface area contributed by atoms with Crippen molar-refractivity contribution in [3.05, 3.63) is 69.2 Å². The van der Waals surface area contributed by atoms with Gasteiger partial charge in [0.2, 0.25) is 5.60 Å². The Morgan fingerprint density at radius 3 is 2.35 bits per heavy atom.